The largest absolute Gasteiger partial charge is 0.333 e. The van der Waals surface area contributed by atoms with E-state index in [-0.39, 0.29) is 5.56 Å². The number of nitrogens with one attached hydrogen (secondary N) is 1. The van der Waals surface area contributed by atoms with Gasteiger partial charge in [0, 0.05) is 5.39 Å². The fourth-order valence-corrected chi connectivity index (χ4v) is 3.65. The summed E-state index contributed by atoms with van der Waals surface area (Å²) in [6, 6.07) is 28.7. The summed E-state index contributed by atoms with van der Waals surface area (Å²) in [5.74, 6) is 0. The van der Waals surface area contributed by atoms with E-state index >= 15 is 0 Å². The summed E-state index contributed by atoms with van der Waals surface area (Å²) in [5.41, 5.74) is 2.33. The molecule has 5 rings (SSSR count). The minimum absolute atomic E-state index is 0.324. The first kappa shape index (κ1) is 16.3. The zero-order valence-corrected chi connectivity index (χ0v) is 14.9. The smallest absolute Gasteiger partial charge is 0.306 e. The van der Waals surface area contributed by atoms with Gasteiger partial charge in [-0.05, 0) is 34.7 Å². The van der Waals surface area contributed by atoms with E-state index in [1.54, 1.807) is 12.1 Å². The van der Waals surface area contributed by atoms with E-state index in [0.717, 1.165) is 21.9 Å². The van der Waals surface area contributed by atoms with Crippen LogP contribution in [0.25, 0.3) is 38.5 Å². The highest BCUT2D eigenvalue weighted by molar-refractivity contribution is 5.91. The molecule has 0 aliphatic rings. The second kappa shape index (κ2) is 6.35. The average molecular weight is 364 g/mol. The predicted molar refractivity (Wildman–Crippen MR) is 113 cm³/mol. The molecule has 0 spiro atoms. The number of hydrogen-bond donors (Lipinski definition) is 1. The maximum atomic E-state index is 13.2. The Kier molecular flexibility index (Phi) is 3.69. The first-order chi connectivity index (χ1) is 13.7. The Morgan fingerprint density at radius 1 is 0.643 bits per heavy atom. The Hall–Kier alpha value is -3.92. The molecule has 0 amide bonds. The molecular formula is C24H16N2O2. The van der Waals surface area contributed by atoms with Crippen LogP contribution < -0.4 is 11.2 Å². The molecule has 0 radical (unpaired) electrons. The van der Waals surface area contributed by atoms with Crippen molar-refractivity contribution in [3.05, 3.63) is 112 Å². The minimum atomic E-state index is -0.445. The Morgan fingerprint density at radius 3 is 2.25 bits per heavy atom. The van der Waals surface area contributed by atoms with Crippen LogP contribution in [0.2, 0.25) is 0 Å². The van der Waals surface area contributed by atoms with Gasteiger partial charge in [-0.25, -0.2) is 9.36 Å². The van der Waals surface area contributed by atoms with Crippen molar-refractivity contribution in [3.63, 3.8) is 0 Å². The van der Waals surface area contributed by atoms with Crippen molar-refractivity contribution in [2.24, 2.45) is 0 Å². The molecule has 4 aromatic carbocycles. The monoisotopic (exact) mass is 364 g/mol. The molecule has 0 aliphatic carbocycles. The van der Waals surface area contributed by atoms with Crippen LogP contribution in [-0.4, -0.2) is 9.55 Å². The van der Waals surface area contributed by atoms with Crippen molar-refractivity contribution in [3.8, 4) is 16.8 Å². The second-order valence-electron chi connectivity index (χ2n) is 6.70. The Labute approximate surface area is 160 Å². The second-order valence-corrected chi connectivity index (χ2v) is 6.70. The Balaban J connectivity index is 1.78. The highest BCUT2D eigenvalue weighted by Crippen LogP contribution is 2.23. The maximum absolute atomic E-state index is 13.2. The molecule has 0 atom stereocenters. The van der Waals surface area contributed by atoms with Crippen LogP contribution in [0, 0.1) is 0 Å². The number of fused-ring (bicyclic) bond motifs is 2. The summed E-state index contributed by atoms with van der Waals surface area (Å²) in [5, 5.41) is 2.32. The SMILES string of the molecule is O=c1[nH]c2cc(-c3ccccc3)ccc2c(=O)n1-c1cccc2ccccc12. The van der Waals surface area contributed by atoms with E-state index < -0.39 is 5.69 Å². The lowest BCUT2D eigenvalue weighted by Gasteiger charge is -2.10. The molecular weight excluding hydrogens is 348 g/mol. The lowest BCUT2D eigenvalue weighted by molar-refractivity contribution is 0.908. The summed E-state index contributed by atoms with van der Waals surface area (Å²) >= 11 is 0. The van der Waals surface area contributed by atoms with Crippen molar-refractivity contribution in [1.29, 1.82) is 0 Å². The van der Waals surface area contributed by atoms with Crippen molar-refractivity contribution in [1.82, 2.24) is 9.55 Å². The molecule has 0 aliphatic heterocycles. The van der Waals surface area contributed by atoms with Gasteiger partial charge in [0.15, 0.2) is 0 Å². The molecule has 0 bridgehead atoms. The van der Waals surface area contributed by atoms with Gasteiger partial charge >= 0.3 is 5.69 Å². The van der Waals surface area contributed by atoms with Crippen LogP contribution in [0.1, 0.15) is 0 Å². The number of benzene rings is 4. The van der Waals surface area contributed by atoms with Crippen molar-refractivity contribution >= 4 is 21.7 Å². The van der Waals surface area contributed by atoms with Crippen LogP contribution in [0.4, 0.5) is 0 Å². The third kappa shape index (κ3) is 2.55. The molecule has 0 saturated carbocycles. The molecule has 0 unspecified atom stereocenters. The van der Waals surface area contributed by atoms with E-state index in [1.165, 1.54) is 4.57 Å². The normalized spacial score (nSPS) is 11.1. The summed E-state index contributed by atoms with van der Waals surface area (Å²) < 4.78 is 1.22. The number of aromatic nitrogens is 2. The molecule has 1 N–H and O–H groups in total. The van der Waals surface area contributed by atoms with Gasteiger partial charge in [0.25, 0.3) is 5.56 Å². The summed E-state index contributed by atoms with van der Waals surface area (Å²) in [4.78, 5) is 28.9. The standard InChI is InChI=1S/C24H16N2O2/c27-23-20-14-13-18(16-7-2-1-3-8-16)15-21(20)25-24(28)26(23)22-12-6-10-17-9-4-5-11-19(17)22/h1-15H,(H,25,28). The first-order valence-corrected chi connectivity index (χ1v) is 9.05. The highest BCUT2D eigenvalue weighted by Gasteiger charge is 2.12. The van der Waals surface area contributed by atoms with Gasteiger partial charge in [-0.3, -0.25) is 4.79 Å². The van der Waals surface area contributed by atoms with Crippen LogP contribution in [-0.2, 0) is 0 Å². The van der Waals surface area contributed by atoms with E-state index in [2.05, 4.69) is 4.98 Å². The number of nitrogens with zero attached hydrogens (tertiary/aromatic N) is 1. The molecule has 4 heteroatoms. The predicted octanol–water partition coefficient (Wildman–Crippen LogP) is 4.50. The van der Waals surface area contributed by atoms with E-state index in [1.807, 2.05) is 78.9 Å². The molecule has 1 heterocycles. The van der Waals surface area contributed by atoms with E-state index in [0.29, 0.717) is 16.6 Å². The average Bonchev–Trinajstić information content (AvgIpc) is 2.74. The van der Waals surface area contributed by atoms with Gasteiger partial charge in [0.05, 0.1) is 16.6 Å². The van der Waals surface area contributed by atoms with Gasteiger partial charge in [-0.1, -0.05) is 72.8 Å². The molecule has 5 aromatic rings. The highest BCUT2D eigenvalue weighted by atomic mass is 16.2. The number of aromatic amines is 1. The van der Waals surface area contributed by atoms with E-state index in [4.69, 9.17) is 0 Å². The van der Waals surface area contributed by atoms with Crippen molar-refractivity contribution in [2.75, 3.05) is 0 Å². The van der Waals surface area contributed by atoms with Gasteiger partial charge in [-0.2, -0.15) is 0 Å². The van der Waals surface area contributed by atoms with Gasteiger partial charge in [0.1, 0.15) is 0 Å². The molecule has 0 fully saturated rings. The number of rotatable bonds is 2. The lowest BCUT2D eigenvalue weighted by atomic mass is 10.0. The lowest BCUT2D eigenvalue weighted by Crippen LogP contribution is -2.33. The Morgan fingerprint density at radius 2 is 1.39 bits per heavy atom. The van der Waals surface area contributed by atoms with Crippen LogP contribution in [0.3, 0.4) is 0 Å². The molecule has 0 saturated heterocycles. The number of hydrogen-bond acceptors (Lipinski definition) is 2. The summed E-state index contributed by atoms with van der Waals surface area (Å²) in [6.07, 6.45) is 0. The topological polar surface area (TPSA) is 54.9 Å². The van der Waals surface area contributed by atoms with Crippen LogP contribution in [0.15, 0.2) is 101 Å². The zero-order valence-electron chi connectivity index (χ0n) is 14.9. The summed E-state index contributed by atoms with van der Waals surface area (Å²) in [7, 11) is 0. The van der Waals surface area contributed by atoms with Crippen LogP contribution in [0.5, 0.6) is 0 Å². The summed E-state index contributed by atoms with van der Waals surface area (Å²) in [6.45, 7) is 0. The molecule has 4 nitrogen and oxygen atoms in total. The Bertz CT molecular complexity index is 1440. The van der Waals surface area contributed by atoms with Gasteiger partial charge < -0.3 is 4.98 Å². The third-order valence-corrected chi connectivity index (χ3v) is 5.01. The van der Waals surface area contributed by atoms with Crippen LogP contribution >= 0.6 is 0 Å². The van der Waals surface area contributed by atoms with E-state index in [9.17, 15) is 9.59 Å². The third-order valence-electron chi connectivity index (χ3n) is 5.01. The number of H-pyrrole nitrogens is 1. The zero-order chi connectivity index (χ0) is 19.1. The quantitative estimate of drug-likeness (QED) is 0.501. The van der Waals surface area contributed by atoms with Gasteiger partial charge in [-0.15, -0.1) is 0 Å². The molecule has 134 valence electrons. The fourth-order valence-electron chi connectivity index (χ4n) is 3.65. The fraction of sp³-hybridized carbons (Fsp3) is 0. The minimum Gasteiger partial charge on any atom is -0.306 e. The van der Waals surface area contributed by atoms with Crippen molar-refractivity contribution in [2.45, 2.75) is 0 Å². The maximum Gasteiger partial charge on any atom is 0.333 e. The molecule has 1 aromatic heterocycles. The van der Waals surface area contributed by atoms with Crippen molar-refractivity contribution < 1.29 is 0 Å². The first-order valence-electron chi connectivity index (χ1n) is 9.05. The van der Waals surface area contributed by atoms with Gasteiger partial charge in [0.2, 0.25) is 0 Å². The molecule has 28 heavy (non-hydrogen) atoms.